The molecule has 1 aromatic rings. The molecule has 0 radical (unpaired) electrons. The molecule has 2 N–H and O–H groups in total. The quantitative estimate of drug-likeness (QED) is 0.705. The molecule has 13 heavy (non-hydrogen) atoms. The molecule has 0 aromatic carbocycles. The fourth-order valence-electron chi connectivity index (χ4n) is 1.25. The molecule has 0 saturated heterocycles. The van der Waals surface area contributed by atoms with Gasteiger partial charge in [-0.2, -0.15) is 0 Å². The second-order valence-corrected chi connectivity index (χ2v) is 4.04. The van der Waals surface area contributed by atoms with E-state index in [1.165, 1.54) is 0 Å². The minimum atomic E-state index is -0.858. The van der Waals surface area contributed by atoms with E-state index >= 15 is 0 Å². The molecule has 0 fully saturated rings. The van der Waals surface area contributed by atoms with Gasteiger partial charge in [-0.1, -0.05) is 0 Å². The molecule has 4 heteroatoms. The lowest BCUT2D eigenvalue weighted by atomic mass is 10.1. The van der Waals surface area contributed by atoms with E-state index in [1.54, 1.807) is 18.4 Å². The van der Waals surface area contributed by atoms with Crippen molar-refractivity contribution in [3.8, 4) is 0 Å². The average molecular weight is 184 g/mol. The Kier molecular flexibility index (Phi) is 2.34. The predicted molar refractivity (Wildman–Crippen MR) is 50.8 cm³/mol. The number of imidazole rings is 1. The molecule has 1 rings (SSSR count). The van der Waals surface area contributed by atoms with Crippen LogP contribution in [-0.2, 0) is 6.54 Å². The van der Waals surface area contributed by atoms with Crippen LogP contribution in [0.15, 0.2) is 4.79 Å². The summed E-state index contributed by atoms with van der Waals surface area (Å²) in [5.74, 6) is 0. The number of aromatic amines is 1. The fourth-order valence-corrected chi connectivity index (χ4v) is 1.25. The Bertz CT molecular complexity index is 355. The molecule has 0 unspecified atom stereocenters. The Balaban J connectivity index is 3.08. The van der Waals surface area contributed by atoms with Gasteiger partial charge in [-0.25, -0.2) is 4.79 Å². The number of aliphatic hydroxyl groups is 1. The highest BCUT2D eigenvalue weighted by atomic mass is 16.3. The van der Waals surface area contributed by atoms with Crippen molar-refractivity contribution in [1.82, 2.24) is 9.55 Å². The SMILES string of the molecule is Cc1[nH]c(=O)n(CC(C)(C)O)c1C. The van der Waals surface area contributed by atoms with Crippen LogP contribution in [0.3, 0.4) is 0 Å². The molecule has 0 atom stereocenters. The van der Waals surface area contributed by atoms with Gasteiger partial charge in [-0.05, 0) is 27.7 Å². The Hall–Kier alpha value is -1.03. The van der Waals surface area contributed by atoms with Crippen molar-refractivity contribution in [1.29, 1.82) is 0 Å². The molecule has 0 spiro atoms. The van der Waals surface area contributed by atoms with Crippen LogP contribution in [0.2, 0.25) is 0 Å². The van der Waals surface area contributed by atoms with E-state index in [0.29, 0.717) is 6.54 Å². The third kappa shape index (κ3) is 2.21. The van der Waals surface area contributed by atoms with Gasteiger partial charge in [0.1, 0.15) is 0 Å². The van der Waals surface area contributed by atoms with E-state index in [2.05, 4.69) is 4.98 Å². The van der Waals surface area contributed by atoms with Gasteiger partial charge in [-0.3, -0.25) is 4.57 Å². The van der Waals surface area contributed by atoms with E-state index < -0.39 is 5.60 Å². The molecule has 0 bridgehead atoms. The normalized spacial score (nSPS) is 12.1. The van der Waals surface area contributed by atoms with Crippen molar-refractivity contribution < 1.29 is 5.11 Å². The summed E-state index contributed by atoms with van der Waals surface area (Å²) in [5.41, 5.74) is 0.724. The summed E-state index contributed by atoms with van der Waals surface area (Å²) in [5, 5.41) is 9.56. The van der Waals surface area contributed by atoms with Crippen LogP contribution in [0.4, 0.5) is 0 Å². The third-order valence-electron chi connectivity index (χ3n) is 2.03. The minimum Gasteiger partial charge on any atom is -0.389 e. The molecule has 1 heterocycles. The van der Waals surface area contributed by atoms with E-state index in [1.807, 2.05) is 13.8 Å². The summed E-state index contributed by atoms with van der Waals surface area (Å²) >= 11 is 0. The van der Waals surface area contributed by atoms with Crippen molar-refractivity contribution in [2.24, 2.45) is 0 Å². The Labute approximate surface area is 77.2 Å². The molecule has 0 amide bonds. The lowest BCUT2D eigenvalue weighted by Crippen LogP contribution is -2.32. The van der Waals surface area contributed by atoms with Gasteiger partial charge in [0.25, 0.3) is 0 Å². The molecule has 0 aliphatic heterocycles. The summed E-state index contributed by atoms with van der Waals surface area (Å²) < 4.78 is 1.55. The number of H-pyrrole nitrogens is 1. The van der Waals surface area contributed by atoms with Crippen molar-refractivity contribution in [3.05, 3.63) is 21.9 Å². The first kappa shape index (κ1) is 10.1. The highest BCUT2D eigenvalue weighted by Gasteiger charge is 2.17. The maximum atomic E-state index is 11.3. The van der Waals surface area contributed by atoms with Crippen LogP contribution < -0.4 is 5.69 Å². The van der Waals surface area contributed by atoms with Crippen LogP contribution in [0.25, 0.3) is 0 Å². The second-order valence-electron chi connectivity index (χ2n) is 4.04. The van der Waals surface area contributed by atoms with E-state index in [9.17, 15) is 9.90 Å². The smallest absolute Gasteiger partial charge is 0.325 e. The molecule has 4 nitrogen and oxygen atoms in total. The van der Waals surface area contributed by atoms with Crippen molar-refractivity contribution in [2.75, 3.05) is 0 Å². The summed E-state index contributed by atoms with van der Waals surface area (Å²) in [6.07, 6.45) is 0. The van der Waals surface area contributed by atoms with Crippen LogP contribution in [0, 0.1) is 13.8 Å². The first-order valence-corrected chi connectivity index (χ1v) is 4.29. The zero-order chi connectivity index (χ0) is 10.2. The molecule has 74 valence electrons. The monoisotopic (exact) mass is 184 g/mol. The lowest BCUT2D eigenvalue weighted by molar-refractivity contribution is 0.0599. The first-order valence-electron chi connectivity index (χ1n) is 4.29. The van der Waals surface area contributed by atoms with Gasteiger partial charge >= 0.3 is 5.69 Å². The largest absolute Gasteiger partial charge is 0.389 e. The van der Waals surface area contributed by atoms with Gasteiger partial charge in [0, 0.05) is 11.4 Å². The molecular formula is C9H16N2O2. The predicted octanol–water partition coefficient (Wildman–Crippen LogP) is 0.564. The number of nitrogens with zero attached hydrogens (tertiary/aromatic N) is 1. The Morgan fingerprint density at radius 1 is 1.46 bits per heavy atom. The molecule has 1 aromatic heterocycles. The first-order chi connectivity index (χ1) is 5.81. The Morgan fingerprint density at radius 2 is 2.00 bits per heavy atom. The zero-order valence-electron chi connectivity index (χ0n) is 8.51. The molecule has 0 aliphatic carbocycles. The van der Waals surface area contributed by atoms with Crippen LogP contribution in [0.1, 0.15) is 25.2 Å². The number of hydrogen-bond acceptors (Lipinski definition) is 2. The van der Waals surface area contributed by atoms with Crippen molar-refractivity contribution in [2.45, 2.75) is 39.8 Å². The molecule has 0 saturated carbocycles. The van der Waals surface area contributed by atoms with Gasteiger partial charge in [0.15, 0.2) is 0 Å². The number of aryl methyl sites for hydroxylation is 1. The molecule has 0 aliphatic rings. The van der Waals surface area contributed by atoms with Gasteiger partial charge in [0.2, 0.25) is 0 Å². The highest BCUT2D eigenvalue weighted by molar-refractivity contribution is 5.09. The number of aromatic nitrogens is 2. The Morgan fingerprint density at radius 3 is 2.31 bits per heavy atom. The highest BCUT2D eigenvalue weighted by Crippen LogP contribution is 2.07. The third-order valence-corrected chi connectivity index (χ3v) is 2.03. The van der Waals surface area contributed by atoms with Crippen molar-refractivity contribution >= 4 is 0 Å². The van der Waals surface area contributed by atoms with Gasteiger partial charge in [-0.15, -0.1) is 0 Å². The lowest BCUT2D eigenvalue weighted by Gasteiger charge is -2.17. The topological polar surface area (TPSA) is 58.0 Å². The summed E-state index contributed by atoms with van der Waals surface area (Å²) in [6.45, 7) is 7.39. The molecular weight excluding hydrogens is 168 g/mol. The van der Waals surface area contributed by atoms with Crippen LogP contribution >= 0.6 is 0 Å². The number of rotatable bonds is 2. The second kappa shape index (κ2) is 3.03. The van der Waals surface area contributed by atoms with Gasteiger partial charge in [0.05, 0.1) is 12.1 Å². The fraction of sp³-hybridized carbons (Fsp3) is 0.667. The van der Waals surface area contributed by atoms with Crippen LogP contribution in [0.5, 0.6) is 0 Å². The van der Waals surface area contributed by atoms with Gasteiger partial charge < -0.3 is 10.1 Å². The summed E-state index contributed by atoms with van der Waals surface area (Å²) in [4.78, 5) is 14.0. The minimum absolute atomic E-state index is 0.155. The van der Waals surface area contributed by atoms with Crippen molar-refractivity contribution in [3.63, 3.8) is 0 Å². The van der Waals surface area contributed by atoms with E-state index in [-0.39, 0.29) is 5.69 Å². The average Bonchev–Trinajstić information content (AvgIpc) is 2.14. The van der Waals surface area contributed by atoms with E-state index in [4.69, 9.17) is 0 Å². The number of nitrogens with one attached hydrogen (secondary N) is 1. The summed E-state index contributed by atoms with van der Waals surface area (Å²) in [6, 6.07) is 0. The number of hydrogen-bond donors (Lipinski definition) is 2. The standard InChI is InChI=1S/C9H16N2O2/c1-6-7(2)11(8(12)10-6)5-9(3,4)13/h13H,5H2,1-4H3,(H,10,12). The van der Waals surface area contributed by atoms with E-state index in [0.717, 1.165) is 11.4 Å². The van der Waals surface area contributed by atoms with Crippen LogP contribution in [-0.4, -0.2) is 20.3 Å². The maximum Gasteiger partial charge on any atom is 0.325 e. The maximum absolute atomic E-state index is 11.3. The zero-order valence-corrected chi connectivity index (χ0v) is 8.51. The summed E-state index contributed by atoms with van der Waals surface area (Å²) in [7, 11) is 0.